The number of primary amides is 1. The third-order valence-electron chi connectivity index (χ3n) is 4.58. The number of aromatic amines is 1. The summed E-state index contributed by atoms with van der Waals surface area (Å²) in [4.78, 5) is 23.8. The monoisotopic (exact) mass is 394 g/mol. The largest absolute Gasteiger partial charge is 0.365 e. The van der Waals surface area contributed by atoms with Gasteiger partial charge in [-0.2, -0.15) is 5.10 Å². The highest BCUT2D eigenvalue weighted by atomic mass is 32.2. The minimum absolute atomic E-state index is 0.124. The number of H-pyrrole nitrogens is 1. The summed E-state index contributed by atoms with van der Waals surface area (Å²) in [6.45, 7) is 0.935. The van der Waals surface area contributed by atoms with Gasteiger partial charge in [0.05, 0.1) is 27.3 Å². The number of carbonyl (C=O) groups is 1. The third kappa shape index (κ3) is 3.75. The summed E-state index contributed by atoms with van der Waals surface area (Å²) < 4.78 is 23.0. The number of carbonyl (C=O) groups excluding carboxylic acids is 1. The molecule has 5 N–H and O–H groups in total. The summed E-state index contributed by atoms with van der Waals surface area (Å²) in [6.07, 6.45) is 2.83. The number of hydrogen-bond acceptors (Lipinski definition) is 7. The first-order valence-electron chi connectivity index (χ1n) is 8.07. The van der Waals surface area contributed by atoms with E-state index in [1.165, 1.54) is 18.3 Å². The molecule has 2 aromatic rings. The van der Waals surface area contributed by atoms with Crippen LogP contribution in [0.15, 0.2) is 29.3 Å². The molecule has 1 aromatic carbocycles. The second-order valence-electron chi connectivity index (χ2n) is 6.30. The standard InChI is InChI=1S/C15H18N6O5S/c16-15(22)11-7-18-19-14(11)9-2-1-5-20(8-9)12-4-3-10(27(17,25)26)6-13(12)21(23)24/h3-4,6-7,9H,1-2,5,8H2,(H2,16,22)(H,18,19)(H2,17,25,26)/t9-/m0/s1. The second-order valence-corrected chi connectivity index (χ2v) is 7.86. The number of benzene rings is 1. The summed E-state index contributed by atoms with van der Waals surface area (Å²) in [5.74, 6) is -0.722. The number of amides is 1. The molecule has 1 aliphatic rings. The third-order valence-corrected chi connectivity index (χ3v) is 5.49. The fourth-order valence-corrected chi connectivity index (χ4v) is 3.86. The zero-order valence-corrected chi connectivity index (χ0v) is 15.0. The average molecular weight is 394 g/mol. The first-order valence-corrected chi connectivity index (χ1v) is 9.62. The van der Waals surface area contributed by atoms with Gasteiger partial charge in [-0.25, -0.2) is 13.6 Å². The maximum Gasteiger partial charge on any atom is 0.293 e. The van der Waals surface area contributed by atoms with Crippen molar-refractivity contribution < 1.29 is 18.1 Å². The van der Waals surface area contributed by atoms with Gasteiger partial charge in [-0.1, -0.05) is 0 Å². The molecule has 0 bridgehead atoms. The number of nitrogens with one attached hydrogen (secondary N) is 1. The lowest BCUT2D eigenvalue weighted by Gasteiger charge is -2.34. The Morgan fingerprint density at radius 2 is 2.15 bits per heavy atom. The van der Waals surface area contributed by atoms with E-state index < -0.39 is 20.9 Å². The number of primary sulfonamides is 1. The zero-order chi connectivity index (χ0) is 19.8. The molecule has 144 valence electrons. The molecular weight excluding hydrogens is 376 g/mol. The van der Waals surface area contributed by atoms with Crippen LogP contribution in [-0.4, -0.2) is 42.5 Å². The average Bonchev–Trinajstić information content (AvgIpc) is 3.10. The van der Waals surface area contributed by atoms with Gasteiger partial charge in [0.2, 0.25) is 10.0 Å². The van der Waals surface area contributed by atoms with E-state index in [9.17, 15) is 23.3 Å². The molecule has 27 heavy (non-hydrogen) atoms. The fourth-order valence-electron chi connectivity index (χ4n) is 3.33. The van der Waals surface area contributed by atoms with Crippen molar-refractivity contribution >= 4 is 27.3 Å². The first kappa shape index (κ1) is 18.8. The molecule has 0 radical (unpaired) electrons. The van der Waals surface area contributed by atoms with Crippen LogP contribution in [-0.2, 0) is 10.0 Å². The van der Waals surface area contributed by atoms with Gasteiger partial charge in [0.25, 0.3) is 11.6 Å². The number of nitro benzene ring substituents is 1. The lowest BCUT2D eigenvalue weighted by Crippen LogP contribution is -2.35. The van der Waals surface area contributed by atoms with Crippen LogP contribution in [0.2, 0.25) is 0 Å². The number of rotatable bonds is 5. The van der Waals surface area contributed by atoms with Crippen LogP contribution in [0, 0.1) is 10.1 Å². The number of nitro groups is 1. The van der Waals surface area contributed by atoms with E-state index in [1.807, 2.05) is 0 Å². The SMILES string of the molecule is NC(=O)c1cn[nH]c1[C@H]1CCCN(c2ccc(S(N)(=O)=O)cc2[N+](=O)[O-])C1. The Kier molecular flexibility index (Phi) is 4.85. The van der Waals surface area contributed by atoms with E-state index >= 15 is 0 Å². The van der Waals surface area contributed by atoms with Crippen LogP contribution >= 0.6 is 0 Å². The Bertz CT molecular complexity index is 1000. The maximum absolute atomic E-state index is 11.5. The Labute approximate surface area is 154 Å². The van der Waals surface area contributed by atoms with E-state index in [1.54, 1.807) is 4.90 Å². The van der Waals surface area contributed by atoms with E-state index in [0.29, 0.717) is 24.3 Å². The molecule has 0 unspecified atom stereocenters. The molecule has 1 amide bonds. The second kappa shape index (κ2) is 6.96. The van der Waals surface area contributed by atoms with E-state index in [-0.39, 0.29) is 22.2 Å². The Morgan fingerprint density at radius 3 is 2.78 bits per heavy atom. The summed E-state index contributed by atoms with van der Waals surface area (Å²) >= 11 is 0. The zero-order valence-electron chi connectivity index (χ0n) is 14.2. The normalized spacial score (nSPS) is 17.7. The van der Waals surface area contributed by atoms with Gasteiger partial charge in [-0.05, 0) is 25.0 Å². The summed E-state index contributed by atoms with van der Waals surface area (Å²) in [5.41, 5.74) is 6.19. The van der Waals surface area contributed by atoms with Gasteiger partial charge in [0.15, 0.2) is 0 Å². The lowest BCUT2D eigenvalue weighted by atomic mass is 9.92. The number of anilines is 1. The van der Waals surface area contributed by atoms with Gasteiger partial charge in [0, 0.05) is 25.1 Å². The number of piperidine rings is 1. The predicted octanol–water partition coefficient (Wildman–Crippen LogP) is 0.448. The molecule has 1 atom stereocenters. The molecule has 0 saturated carbocycles. The minimum Gasteiger partial charge on any atom is -0.365 e. The van der Waals surface area contributed by atoms with Crippen molar-refractivity contribution in [1.82, 2.24) is 10.2 Å². The molecule has 11 nitrogen and oxygen atoms in total. The Hall–Kier alpha value is -2.99. The molecule has 2 heterocycles. The van der Waals surface area contributed by atoms with Gasteiger partial charge in [0.1, 0.15) is 5.69 Å². The first-order chi connectivity index (χ1) is 12.7. The molecule has 1 aromatic heterocycles. The van der Waals surface area contributed by atoms with Gasteiger partial charge >= 0.3 is 0 Å². The summed E-state index contributed by atoms with van der Waals surface area (Å²) in [5, 5.41) is 23.2. The Balaban J connectivity index is 1.95. The van der Waals surface area contributed by atoms with Crippen molar-refractivity contribution in [3.63, 3.8) is 0 Å². The quantitative estimate of drug-likeness (QED) is 0.486. The number of hydrogen-bond donors (Lipinski definition) is 3. The topological polar surface area (TPSA) is 178 Å². The van der Waals surface area contributed by atoms with Crippen molar-refractivity contribution in [3.05, 3.63) is 45.8 Å². The highest BCUT2D eigenvalue weighted by molar-refractivity contribution is 7.89. The highest BCUT2D eigenvalue weighted by Gasteiger charge is 2.30. The molecule has 12 heteroatoms. The lowest BCUT2D eigenvalue weighted by molar-refractivity contribution is -0.384. The van der Waals surface area contributed by atoms with Crippen molar-refractivity contribution in [1.29, 1.82) is 0 Å². The fraction of sp³-hybridized carbons (Fsp3) is 0.333. The van der Waals surface area contributed by atoms with Gasteiger partial charge in [-0.3, -0.25) is 20.0 Å². The molecule has 0 spiro atoms. The molecule has 0 aliphatic carbocycles. The highest BCUT2D eigenvalue weighted by Crippen LogP contribution is 2.36. The summed E-state index contributed by atoms with van der Waals surface area (Å²) in [7, 11) is -4.06. The van der Waals surface area contributed by atoms with E-state index in [0.717, 1.165) is 18.9 Å². The molecule has 1 aliphatic heterocycles. The Morgan fingerprint density at radius 1 is 1.41 bits per heavy atom. The van der Waals surface area contributed by atoms with Crippen molar-refractivity contribution in [3.8, 4) is 0 Å². The van der Waals surface area contributed by atoms with Crippen molar-refractivity contribution in [2.75, 3.05) is 18.0 Å². The maximum atomic E-state index is 11.5. The molecule has 1 saturated heterocycles. The predicted molar refractivity (Wildman–Crippen MR) is 95.8 cm³/mol. The molecule has 1 fully saturated rings. The van der Waals surface area contributed by atoms with E-state index in [4.69, 9.17) is 10.9 Å². The van der Waals surface area contributed by atoms with Crippen molar-refractivity contribution in [2.45, 2.75) is 23.7 Å². The van der Waals surface area contributed by atoms with Gasteiger partial charge in [-0.15, -0.1) is 0 Å². The number of nitrogens with zero attached hydrogens (tertiary/aromatic N) is 3. The van der Waals surface area contributed by atoms with Crippen molar-refractivity contribution in [2.24, 2.45) is 10.9 Å². The van der Waals surface area contributed by atoms with Crippen LogP contribution < -0.4 is 15.8 Å². The smallest absolute Gasteiger partial charge is 0.293 e. The summed E-state index contributed by atoms with van der Waals surface area (Å²) in [6, 6.07) is 3.58. The van der Waals surface area contributed by atoms with Crippen LogP contribution in [0.3, 0.4) is 0 Å². The van der Waals surface area contributed by atoms with Gasteiger partial charge < -0.3 is 10.6 Å². The molecular formula is C15H18N6O5S. The number of nitrogens with two attached hydrogens (primary N) is 2. The minimum atomic E-state index is -4.06. The van der Waals surface area contributed by atoms with Crippen LogP contribution in [0.5, 0.6) is 0 Å². The van der Waals surface area contributed by atoms with Crippen LogP contribution in [0.25, 0.3) is 0 Å². The van der Waals surface area contributed by atoms with E-state index in [2.05, 4.69) is 10.2 Å². The molecule has 3 rings (SSSR count). The van der Waals surface area contributed by atoms with Crippen LogP contribution in [0.1, 0.15) is 34.8 Å². The number of aromatic nitrogens is 2. The van der Waals surface area contributed by atoms with Crippen LogP contribution in [0.4, 0.5) is 11.4 Å². The number of sulfonamides is 1.